The molecule has 1 aliphatic heterocycles. The van der Waals surface area contributed by atoms with Crippen molar-refractivity contribution < 1.29 is 0 Å². The Bertz CT molecular complexity index is 583. The predicted molar refractivity (Wildman–Crippen MR) is 90.1 cm³/mol. The number of anilines is 1. The van der Waals surface area contributed by atoms with Crippen LogP contribution in [0, 0.1) is 6.92 Å². The van der Waals surface area contributed by atoms with Gasteiger partial charge >= 0.3 is 0 Å². The fourth-order valence-electron chi connectivity index (χ4n) is 2.75. The lowest BCUT2D eigenvalue weighted by molar-refractivity contribution is 0.248. The Hall–Kier alpha value is -1.94. The highest BCUT2D eigenvalue weighted by molar-refractivity contribution is 5.31. The Morgan fingerprint density at radius 1 is 0.909 bits per heavy atom. The van der Waals surface area contributed by atoms with Gasteiger partial charge in [0.05, 0.1) is 0 Å². The summed E-state index contributed by atoms with van der Waals surface area (Å²) in [5, 5.41) is 0. The van der Waals surface area contributed by atoms with E-state index < -0.39 is 0 Å². The van der Waals surface area contributed by atoms with E-state index in [9.17, 15) is 0 Å². The van der Waals surface area contributed by atoms with E-state index in [0.717, 1.165) is 45.1 Å². The van der Waals surface area contributed by atoms with Crippen LogP contribution in [-0.4, -0.2) is 41.0 Å². The second-order valence-corrected chi connectivity index (χ2v) is 5.99. The fraction of sp³-hybridized carbons (Fsp3) is 0.444. The Kier molecular flexibility index (Phi) is 4.68. The minimum Gasteiger partial charge on any atom is -0.338 e. The Balaban J connectivity index is 1.54. The molecule has 1 saturated heterocycles. The molecule has 2 aromatic rings. The number of hydrogen-bond acceptors (Lipinski definition) is 4. The van der Waals surface area contributed by atoms with Crippen molar-refractivity contribution in [3.63, 3.8) is 0 Å². The molecule has 0 aliphatic carbocycles. The summed E-state index contributed by atoms with van der Waals surface area (Å²) < 4.78 is 0. The van der Waals surface area contributed by atoms with Crippen LogP contribution >= 0.6 is 0 Å². The van der Waals surface area contributed by atoms with Gasteiger partial charge in [0.25, 0.3) is 0 Å². The standard InChI is InChI=1S/C18H24N4/c1-3-16-12-19-18(20-13-16)22-10-8-21(9-11-22)14-17-6-4-15(2)5-7-17/h4-7,12-13H,3,8-11,14H2,1-2H3. The highest BCUT2D eigenvalue weighted by Gasteiger charge is 2.18. The van der Waals surface area contributed by atoms with Crippen LogP contribution in [0.3, 0.4) is 0 Å². The molecule has 1 aromatic carbocycles. The van der Waals surface area contributed by atoms with Crippen LogP contribution in [0.5, 0.6) is 0 Å². The van der Waals surface area contributed by atoms with E-state index in [1.165, 1.54) is 16.7 Å². The molecule has 116 valence electrons. The highest BCUT2D eigenvalue weighted by Crippen LogP contribution is 2.13. The van der Waals surface area contributed by atoms with E-state index in [1.807, 2.05) is 12.4 Å². The molecule has 1 aromatic heterocycles. The number of aryl methyl sites for hydroxylation is 2. The highest BCUT2D eigenvalue weighted by atomic mass is 15.3. The van der Waals surface area contributed by atoms with Crippen LogP contribution < -0.4 is 4.90 Å². The first-order chi connectivity index (χ1) is 10.7. The average Bonchev–Trinajstić information content (AvgIpc) is 2.58. The number of benzene rings is 1. The van der Waals surface area contributed by atoms with Crippen LogP contribution in [0.25, 0.3) is 0 Å². The molecule has 0 unspecified atom stereocenters. The van der Waals surface area contributed by atoms with Crippen molar-refractivity contribution in [1.29, 1.82) is 0 Å². The molecule has 0 radical (unpaired) electrons. The van der Waals surface area contributed by atoms with Crippen molar-refractivity contribution in [2.24, 2.45) is 0 Å². The maximum Gasteiger partial charge on any atom is 0.225 e. The van der Waals surface area contributed by atoms with Crippen molar-refractivity contribution >= 4 is 5.95 Å². The average molecular weight is 296 g/mol. The molecule has 0 N–H and O–H groups in total. The van der Waals surface area contributed by atoms with Crippen molar-refractivity contribution in [2.75, 3.05) is 31.1 Å². The summed E-state index contributed by atoms with van der Waals surface area (Å²) >= 11 is 0. The first-order valence-corrected chi connectivity index (χ1v) is 8.08. The third-order valence-electron chi connectivity index (χ3n) is 4.28. The Morgan fingerprint density at radius 2 is 1.55 bits per heavy atom. The first-order valence-electron chi connectivity index (χ1n) is 8.08. The maximum absolute atomic E-state index is 4.49. The van der Waals surface area contributed by atoms with Gasteiger partial charge in [0.1, 0.15) is 0 Å². The first kappa shape index (κ1) is 15.0. The summed E-state index contributed by atoms with van der Waals surface area (Å²) in [5.41, 5.74) is 3.91. The van der Waals surface area contributed by atoms with Gasteiger partial charge < -0.3 is 4.90 Å². The van der Waals surface area contributed by atoms with Crippen molar-refractivity contribution in [2.45, 2.75) is 26.8 Å². The number of aromatic nitrogens is 2. The summed E-state index contributed by atoms with van der Waals surface area (Å²) in [7, 11) is 0. The third-order valence-corrected chi connectivity index (χ3v) is 4.28. The molecular formula is C18H24N4. The Labute approximate surface area is 132 Å². The number of nitrogens with zero attached hydrogens (tertiary/aromatic N) is 4. The van der Waals surface area contributed by atoms with Gasteiger partial charge in [-0.25, -0.2) is 9.97 Å². The molecule has 0 bridgehead atoms. The van der Waals surface area contributed by atoms with Crippen molar-refractivity contribution in [1.82, 2.24) is 14.9 Å². The zero-order valence-electron chi connectivity index (χ0n) is 13.5. The second kappa shape index (κ2) is 6.88. The molecular weight excluding hydrogens is 272 g/mol. The fourth-order valence-corrected chi connectivity index (χ4v) is 2.75. The van der Waals surface area contributed by atoms with E-state index in [1.54, 1.807) is 0 Å². The second-order valence-electron chi connectivity index (χ2n) is 5.99. The molecule has 3 rings (SSSR count). The topological polar surface area (TPSA) is 32.3 Å². The molecule has 2 heterocycles. The van der Waals surface area contributed by atoms with Gasteiger partial charge in [-0.15, -0.1) is 0 Å². The lowest BCUT2D eigenvalue weighted by atomic mass is 10.1. The number of hydrogen-bond donors (Lipinski definition) is 0. The number of rotatable bonds is 4. The van der Waals surface area contributed by atoms with E-state index in [-0.39, 0.29) is 0 Å². The molecule has 0 saturated carbocycles. The van der Waals surface area contributed by atoms with E-state index >= 15 is 0 Å². The van der Waals surface area contributed by atoms with Gasteiger partial charge in [-0.2, -0.15) is 0 Å². The van der Waals surface area contributed by atoms with Crippen LogP contribution in [-0.2, 0) is 13.0 Å². The molecule has 22 heavy (non-hydrogen) atoms. The van der Waals surface area contributed by atoms with Gasteiger partial charge in [-0.05, 0) is 24.5 Å². The monoisotopic (exact) mass is 296 g/mol. The molecule has 0 spiro atoms. The normalized spacial score (nSPS) is 16.0. The molecule has 4 heteroatoms. The van der Waals surface area contributed by atoms with Crippen LogP contribution in [0.1, 0.15) is 23.6 Å². The molecule has 1 aliphatic rings. The quantitative estimate of drug-likeness (QED) is 0.868. The molecule has 4 nitrogen and oxygen atoms in total. The van der Waals surface area contributed by atoms with Crippen molar-refractivity contribution in [3.05, 3.63) is 53.3 Å². The third kappa shape index (κ3) is 3.63. The maximum atomic E-state index is 4.49. The smallest absolute Gasteiger partial charge is 0.225 e. The summed E-state index contributed by atoms with van der Waals surface area (Å²) in [4.78, 5) is 13.8. The van der Waals surface area contributed by atoms with Gasteiger partial charge in [0.15, 0.2) is 0 Å². The Morgan fingerprint density at radius 3 is 2.14 bits per heavy atom. The summed E-state index contributed by atoms with van der Waals surface area (Å²) in [6.07, 6.45) is 4.88. The van der Waals surface area contributed by atoms with E-state index in [2.05, 4.69) is 57.9 Å². The van der Waals surface area contributed by atoms with Gasteiger partial charge in [0.2, 0.25) is 5.95 Å². The van der Waals surface area contributed by atoms with Gasteiger partial charge in [0, 0.05) is 45.1 Å². The summed E-state index contributed by atoms with van der Waals surface area (Å²) in [5.74, 6) is 0.868. The minimum atomic E-state index is 0.868. The van der Waals surface area contributed by atoms with Crippen molar-refractivity contribution in [3.8, 4) is 0 Å². The van der Waals surface area contributed by atoms with Crippen LogP contribution in [0.2, 0.25) is 0 Å². The molecule has 0 amide bonds. The van der Waals surface area contributed by atoms with Gasteiger partial charge in [-0.3, -0.25) is 4.90 Å². The lowest BCUT2D eigenvalue weighted by Crippen LogP contribution is -2.46. The van der Waals surface area contributed by atoms with Crippen LogP contribution in [0.15, 0.2) is 36.7 Å². The van der Waals surface area contributed by atoms with E-state index in [4.69, 9.17) is 0 Å². The SMILES string of the molecule is CCc1cnc(N2CCN(Cc3ccc(C)cc3)CC2)nc1. The van der Waals surface area contributed by atoms with Crippen LogP contribution in [0.4, 0.5) is 5.95 Å². The number of piperazine rings is 1. The molecule has 1 fully saturated rings. The predicted octanol–water partition coefficient (Wildman–Crippen LogP) is 2.67. The minimum absolute atomic E-state index is 0.868. The zero-order chi connectivity index (χ0) is 15.4. The largest absolute Gasteiger partial charge is 0.338 e. The summed E-state index contributed by atoms with van der Waals surface area (Å²) in [6, 6.07) is 8.84. The summed E-state index contributed by atoms with van der Waals surface area (Å²) in [6.45, 7) is 9.41. The van der Waals surface area contributed by atoms with E-state index in [0.29, 0.717) is 0 Å². The molecule has 0 atom stereocenters. The lowest BCUT2D eigenvalue weighted by Gasteiger charge is -2.34. The van der Waals surface area contributed by atoms with Gasteiger partial charge in [-0.1, -0.05) is 36.8 Å². The zero-order valence-corrected chi connectivity index (χ0v) is 13.5.